The summed E-state index contributed by atoms with van der Waals surface area (Å²) in [5.41, 5.74) is 2.67. The molecular weight excluding hydrogens is 256 g/mol. The van der Waals surface area contributed by atoms with Gasteiger partial charge in [-0.2, -0.15) is 0 Å². The number of hydrogen-bond donors (Lipinski definition) is 1. The van der Waals surface area contributed by atoms with E-state index in [4.69, 9.17) is 4.74 Å². The smallest absolute Gasteiger partial charge is 0.0965 e. The average molecular weight is 274 g/mol. The Bertz CT molecular complexity index is 527. The molecule has 19 heavy (non-hydrogen) atoms. The third kappa shape index (κ3) is 2.86. The van der Waals surface area contributed by atoms with Crippen molar-refractivity contribution in [1.29, 1.82) is 0 Å². The molecule has 0 radical (unpaired) electrons. The van der Waals surface area contributed by atoms with E-state index in [2.05, 4.69) is 41.5 Å². The summed E-state index contributed by atoms with van der Waals surface area (Å²) in [4.78, 5) is 4.37. The molecule has 2 unspecified atom stereocenters. The van der Waals surface area contributed by atoms with Gasteiger partial charge in [0.25, 0.3) is 0 Å². The molecule has 2 atom stereocenters. The summed E-state index contributed by atoms with van der Waals surface area (Å²) in [6, 6.07) is 8.82. The van der Waals surface area contributed by atoms with Crippen LogP contribution in [0.1, 0.15) is 35.0 Å². The molecule has 3 rings (SSSR count). The minimum Gasteiger partial charge on any atom is -0.375 e. The maximum absolute atomic E-state index is 5.66. The predicted octanol–water partition coefficient (Wildman–Crippen LogP) is 3.11. The zero-order valence-corrected chi connectivity index (χ0v) is 11.8. The Hall–Kier alpha value is -1.23. The van der Waals surface area contributed by atoms with Crippen LogP contribution in [0.5, 0.6) is 0 Å². The number of rotatable bonds is 4. The van der Waals surface area contributed by atoms with E-state index in [1.165, 1.54) is 16.1 Å². The standard InChI is InChI=1S/C15H18N2OS/c1-11(15-16-6-7-19-15)8-17-14-10-18-9-12-4-2-3-5-13(12)14/h2-7,11,14,17H,8-10H2,1H3. The summed E-state index contributed by atoms with van der Waals surface area (Å²) in [6.45, 7) is 4.62. The molecule has 0 bridgehead atoms. The summed E-state index contributed by atoms with van der Waals surface area (Å²) in [5.74, 6) is 0.439. The van der Waals surface area contributed by atoms with E-state index in [9.17, 15) is 0 Å². The second-order valence-corrected chi connectivity index (χ2v) is 5.87. The second-order valence-electron chi connectivity index (χ2n) is 4.95. The van der Waals surface area contributed by atoms with E-state index in [1.54, 1.807) is 11.3 Å². The normalized spacial score (nSPS) is 19.9. The lowest BCUT2D eigenvalue weighted by atomic mass is 9.98. The van der Waals surface area contributed by atoms with Gasteiger partial charge in [-0.15, -0.1) is 11.3 Å². The van der Waals surface area contributed by atoms with Crippen molar-refractivity contribution in [3.8, 4) is 0 Å². The minimum absolute atomic E-state index is 0.298. The van der Waals surface area contributed by atoms with Crippen LogP contribution in [-0.2, 0) is 11.3 Å². The van der Waals surface area contributed by atoms with E-state index in [-0.39, 0.29) is 0 Å². The van der Waals surface area contributed by atoms with Crippen LogP contribution in [0.25, 0.3) is 0 Å². The van der Waals surface area contributed by atoms with Gasteiger partial charge in [0.1, 0.15) is 0 Å². The molecule has 2 heterocycles. The Morgan fingerprint density at radius 2 is 2.37 bits per heavy atom. The quantitative estimate of drug-likeness (QED) is 0.930. The van der Waals surface area contributed by atoms with Crippen LogP contribution in [0, 0.1) is 0 Å². The van der Waals surface area contributed by atoms with Gasteiger partial charge in [0, 0.05) is 24.0 Å². The van der Waals surface area contributed by atoms with Crippen molar-refractivity contribution in [3.05, 3.63) is 52.0 Å². The topological polar surface area (TPSA) is 34.1 Å². The van der Waals surface area contributed by atoms with Gasteiger partial charge in [0.05, 0.1) is 24.3 Å². The summed E-state index contributed by atoms with van der Waals surface area (Å²) < 4.78 is 5.66. The molecule has 0 fully saturated rings. The first kappa shape index (κ1) is 12.8. The SMILES string of the molecule is CC(CNC1COCc2ccccc21)c1nccs1. The molecule has 3 nitrogen and oxygen atoms in total. The maximum atomic E-state index is 5.66. The molecule has 1 aliphatic heterocycles. The third-order valence-corrected chi connectivity index (χ3v) is 4.52. The summed E-state index contributed by atoms with van der Waals surface area (Å²) in [7, 11) is 0. The zero-order valence-electron chi connectivity index (χ0n) is 11.0. The van der Waals surface area contributed by atoms with Crippen molar-refractivity contribution in [2.75, 3.05) is 13.2 Å². The fourth-order valence-corrected chi connectivity index (χ4v) is 3.13. The number of fused-ring (bicyclic) bond motifs is 1. The van der Waals surface area contributed by atoms with Crippen LogP contribution >= 0.6 is 11.3 Å². The number of nitrogens with zero attached hydrogens (tertiary/aromatic N) is 1. The molecule has 2 aromatic rings. The van der Waals surface area contributed by atoms with E-state index >= 15 is 0 Å². The van der Waals surface area contributed by atoms with Gasteiger partial charge < -0.3 is 10.1 Å². The highest BCUT2D eigenvalue weighted by atomic mass is 32.1. The zero-order chi connectivity index (χ0) is 13.1. The molecule has 1 aromatic heterocycles. The lowest BCUT2D eigenvalue weighted by Crippen LogP contribution is -2.32. The largest absolute Gasteiger partial charge is 0.375 e. The Morgan fingerprint density at radius 3 is 3.21 bits per heavy atom. The first-order valence-corrected chi connectivity index (χ1v) is 7.51. The average Bonchev–Trinajstić information content (AvgIpc) is 2.99. The van der Waals surface area contributed by atoms with Gasteiger partial charge in [-0.3, -0.25) is 0 Å². The van der Waals surface area contributed by atoms with Crippen molar-refractivity contribution in [2.24, 2.45) is 0 Å². The van der Waals surface area contributed by atoms with Crippen LogP contribution in [-0.4, -0.2) is 18.1 Å². The first-order chi connectivity index (χ1) is 9.34. The van der Waals surface area contributed by atoms with Crippen LogP contribution in [0.2, 0.25) is 0 Å². The third-order valence-electron chi connectivity index (χ3n) is 3.52. The first-order valence-electron chi connectivity index (χ1n) is 6.63. The Morgan fingerprint density at radius 1 is 1.47 bits per heavy atom. The molecule has 100 valence electrons. The van der Waals surface area contributed by atoms with E-state index < -0.39 is 0 Å². The van der Waals surface area contributed by atoms with E-state index in [1.807, 2.05) is 11.6 Å². The maximum Gasteiger partial charge on any atom is 0.0965 e. The van der Waals surface area contributed by atoms with Gasteiger partial charge in [0.15, 0.2) is 0 Å². The highest BCUT2D eigenvalue weighted by Gasteiger charge is 2.20. The molecular formula is C15H18N2OS. The van der Waals surface area contributed by atoms with E-state index in [0.29, 0.717) is 12.0 Å². The molecule has 0 saturated carbocycles. The van der Waals surface area contributed by atoms with Gasteiger partial charge in [0.2, 0.25) is 0 Å². The van der Waals surface area contributed by atoms with Crippen LogP contribution < -0.4 is 5.32 Å². The summed E-state index contributed by atoms with van der Waals surface area (Å²) in [5, 5.41) is 6.83. The van der Waals surface area contributed by atoms with Gasteiger partial charge in [-0.25, -0.2) is 4.98 Å². The monoisotopic (exact) mass is 274 g/mol. The number of nitrogens with one attached hydrogen (secondary N) is 1. The molecule has 0 spiro atoms. The van der Waals surface area contributed by atoms with Gasteiger partial charge >= 0.3 is 0 Å². The number of thiazole rings is 1. The second kappa shape index (κ2) is 5.82. The Balaban J connectivity index is 1.65. The predicted molar refractivity (Wildman–Crippen MR) is 77.4 cm³/mol. The van der Waals surface area contributed by atoms with Crippen molar-refractivity contribution in [1.82, 2.24) is 10.3 Å². The van der Waals surface area contributed by atoms with E-state index in [0.717, 1.165) is 19.8 Å². The van der Waals surface area contributed by atoms with Crippen molar-refractivity contribution >= 4 is 11.3 Å². The highest BCUT2D eigenvalue weighted by Crippen LogP contribution is 2.25. The molecule has 4 heteroatoms. The number of hydrogen-bond acceptors (Lipinski definition) is 4. The summed E-state index contributed by atoms with van der Waals surface area (Å²) >= 11 is 1.72. The number of ether oxygens (including phenoxy) is 1. The van der Waals surface area contributed by atoms with Crippen LogP contribution in [0.15, 0.2) is 35.8 Å². The minimum atomic E-state index is 0.298. The van der Waals surface area contributed by atoms with Crippen molar-refractivity contribution < 1.29 is 4.74 Å². The lowest BCUT2D eigenvalue weighted by molar-refractivity contribution is 0.0818. The van der Waals surface area contributed by atoms with Gasteiger partial charge in [-0.05, 0) is 11.1 Å². The molecule has 1 aliphatic rings. The molecule has 0 aliphatic carbocycles. The fourth-order valence-electron chi connectivity index (χ4n) is 2.44. The Kier molecular flexibility index (Phi) is 3.92. The van der Waals surface area contributed by atoms with Crippen molar-refractivity contribution in [3.63, 3.8) is 0 Å². The molecule has 1 N–H and O–H groups in total. The fraction of sp³-hybridized carbons (Fsp3) is 0.400. The van der Waals surface area contributed by atoms with Gasteiger partial charge in [-0.1, -0.05) is 31.2 Å². The lowest BCUT2D eigenvalue weighted by Gasteiger charge is -2.27. The molecule has 1 aromatic carbocycles. The molecule has 0 amide bonds. The number of benzene rings is 1. The van der Waals surface area contributed by atoms with Crippen LogP contribution in [0.3, 0.4) is 0 Å². The van der Waals surface area contributed by atoms with Crippen LogP contribution in [0.4, 0.5) is 0 Å². The highest BCUT2D eigenvalue weighted by molar-refractivity contribution is 7.09. The van der Waals surface area contributed by atoms with Crippen molar-refractivity contribution in [2.45, 2.75) is 25.5 Å². The summed E-state index contributed by atoms with van der Waals surface area (Å²) in [6.07, 6.45) is 1.87. The molecule has 0 saturated heterocycles. The Labute approximate surface area is 117 Å². The number of aromatic nitrogens is 1.